The van der Waals surface area contributed by atoms with E-state index in [-0.39, 0.29) is 6.61 Å². The van der Waals surface area contributed by atoms with E-state index in [1.807, 2.05) is 0 Å². The van der Waals surface area contributed by atoms with Gasteiger partial charge in [0.1, 0.15) is 18.3 Å². The van der Waals surface area contributed by atoms with Gasteiger partial charge in [0.15, 0.2) is 18.2 Å². The number of hydrogen-bond donors (Lipinski definition) is 1. The predicted octanol–water partition coefficient (Wildman–Crippen LogP) is -0.198. The summed E-state index contributed by atoms with van der Waals surface area (Å²) >= 11 is 0. The van der Waals surface area contributed by atoms with Gasteiger partial charge in [-0.1, -0.05) is 0 Å². The van der Waals surface area contributed by atoms with Crippen LogP contribution >= 0.6 is 0 Å². The molecule has 0 bridgehead atoms. The van der Waals surface area contributed by atoms with Crippen LogP contribution < -0.4 is 0 Å². The first-order chi connectivity index (χ1) is 8.89. The lowest BCUT2D eigenvalue weighted by Crippen LogP contribution is -2.43. The molecule has 0 aromatic heterocycles. The van der Waals surface area contributed by atoms with Crippen LogP contribution in [0.2, 0.25) is 0 Å². The fourth-order valence-electron chi connectivity index (χ4n) is 2.40. The molecule has 0 unspecified atom stereocenters. The molecule has 0 spiro atoms. The van der Waals surface area contributed by atoms with Crippen LogP contribution in [0.15, 0.2) is 0 Å². The Morgan fingerprint density at radius 1 is 1.37 bits per heavy atom. The molecule has 0 amide bonds. The van der Waals surface area contributed by atoms with Crippen LogP contribution in [0.5, 0.6) is 0 Å². The second-order valence-corrected chi connectivity index (χ2v) is 4.97. The van der Waals surface area contributed by atoms with Crippen LogP contribution in [0.4, 0.5) is 0 Å². The van der Waals surface area contributed by atoms with Crippen LogP contribution in [-0.2, 0) is 28.5 Å². The fourth-order valence-corrected chi connectivity index (χ4v) is 2.40. The second kappa shape index (κ2) is 5.34. The number of hydrogen-bond acceptors (Lipinski definition) is 7. The monoisotopic (exact) mass is 276 g/mol. The molecule has 7 heteroatoms. The average Bonchev–Trinajstić information content (AvgIpc) is 2.81. The van der Waals surface area contributed by atoms with Gasteiger partial charge in [0.25, 0.3) is 0 Å². The summed E-state index contributed by atoms with van der Waals surface area (Å²) < 4.78 is 26.7. The van der Waals surface area contributed by atoms with E-state index in [2.05, 4.69) is 0 Å². The molecule has 7 nitrogen and oxygen atoms in total. The maximum Gasteiger partial charge on any atom is 0.337 e. The molecule has 0 radical (unpaired) electrons. The molecule has 2 aliphatic rings. The summed E-state index contributed by atoms with van der Waals surface area (Å²) in [5.41, 5.74) is 0. The molecular weight excluding hydrogens is 256 g/mol. The van der Waals surface area contributed by atoms with Gasteiger partial charge in [-0.2, -0.15) is 0 Å². The van der Waals surface area contributed by atoms with Crippen molar-refractivity contribution in [3.05, 3.63) is 0 Å². The highest BCUT2D eigenvalue weighted by molar-refractivity contribution is 5.75. The minimum atomic E-state index is -1.43. The van der Waals surface area contributed by atoms with Crippen molar-refractivity contribution in [3.8, 4) is 0 Å². The van der Waals surface area contributed by atoms with Crippen molar-refractivity contribution in [3.63, 3.8) is 0 Å². The summed E-state index contributed by atoms with van der Waals surface area (Å²) in [6, 6.07) is 0. The summed E-state index contributed by atoms with van der Waals surface area (Å²) in [6.45, 7) is 5.37. The van der Waals surface area contributed by atoms with E-state index in [0.29, 0.717) is 0 Å². The Bertz CT molecular complexity index is 343. The quantitative estimate of drug-likeness (QED) is 0.712. The Morgan fingerprint density at radius 2 is 2.00 bits per heavy atom. The average molecular weight is 276 g/mol. The van der Waals surface area contributed by atoms with Gasteiger partial charge in [0, 0.05) is 7.11 Å². The third kappa shape index (κ3) is 2.75. The van der Waals surface area contributed by atoms with Crippen molar-refractivity contribution < 1.29 is 33.6 Å². The van der Waals surface area contributed by atoms with Gasteiger partial charge in [-0.3, -0.25) is 0 Å². The van der Waals surface area contributed by atoms with Gasteiger partial charge in [-0.25, -0.2) is 4.79 Å². The summed E-state index contributed by atoms with van der Waals surface area (Å²) in [5, 5.41) is 9.99. The van der Waals surface area contributed by atoms with Crippen LogP contribution in [-0.4, -0.2) is 61.3 Å². The second-order valence-electron chi connectivity index (χ2n) is 4.97. The Kier molecular flexibility index (Phi) is 4.12. The highest BCUT2D eigenvalue weighted by Gasteiger charge is 2.58. The van der Waals surface area contributed by atoms with E-state index in [0.717, 1.165) is 0 Å². The number of carbonyl (C=O) groups is 1. The number of rotatable bonds is 4. The molecule has 2 rings (SSSR count). The minimum absolute atomic E-state index is 0.188. The number of methoxy groups -OCH3 is 1. The largest absolute Gasteiger partial charge is 0.464 e. The zero-order valence-corrected chi connectivity index (χ0v) is 11.5. The number of carbonyl (C=O) groups excluding carboxylic acids is 1. The number of ether oxygens (including phenoxy) is 5. The zero-order valence-electron chi connectivity index (χ0n) is 11.5. The van der Waals surface area contributed by atoms with Gasteiger partial charge in [-0.15, -0.1) is 0 Å². The molecule has 0 aromatic rings. The third-order valence-corrected chi connectivity index (χ3v) is 3.12. The molecule has 2 aliphatic heterocycles. The highest BCUT2D eigenvalue weighted by atomic mass is 16.8. The number of aliphatic hydroxyl groups excluding tert-OH is 1. The van der Waals surface area contributed by atoms with Crippen molar-refractivity contribution in [1.29, 1.82) is 0 Å². The van der Waals surface area contributed by atoms with Crippen LogP contribution in [0, 0.1) is 0 Å². The lowest BCUT2D eigenvalue weighted by molar-refractivity contribution is -0.238. The molecule has 2 fully saturated rings. The molecule has 2 heterocycles. The molecule has 0 aliphatic carbocycles. The Morgan fingerprint density at radius 3 is 2.58 bits per heavy atom. The van der Waals surface area contributed by atoms with Crippen molar-refractivity contribution in [2.24, 2.45) is 0 Å². The lowest BCUT2D eigenvalue weighted by atomic mass is 10.1. The highest BCUT2D eigenvalue weighted by Crippen LogP contribution is 2.39. The Labute approximate surface area is 111 Å². The maximum absolute atomic E-state index is 11.6. The van der Waals surface area contributed by atoms with Crippen molar-refractivity contribution in [2.45, 2.75) is 57.3 Å². The van der Waals surface area contributed by atoms with Crippen molar-refractivity contribution in [1.82, 2.24) is 0 Å². The van der Waals surface area contributed by atoms with Gasteiger partial charge in [0.2, 0.25) is 0 Å². The van der Waals surface area contributed by atoms with Gasteiger partial charge < -0.3 is 28.8 Å². The predicted molar refractivity (Wildman–Crippen MR) is 62.1 cm³/mol. The molecular formula is C12H20O7. The van der Waals surface area contributed by atoms with E-state index >= 15 is 0 Å². The third-order valence-electron chi connectivity index (χ3n) is 3.12. The van der Waals surface area contributed by atoms with Crippen molar-refractivity contribution >= 4 is 5.97 Å². The van der Waals surface area contributed by atoms with Crippen LogP contribution in [0.25, 0.3) is 0 Å². The number of esters is 1. The summed E-state index contributed by atoms with van der Waals surface area (Å²) in [7, 11) is 1.47. The molecule has 110 valence electrons. The molecule has 0 saturated carbocycles. The van der Waals surface area contributed by atoms with Crippen molar-refractivity contribution in [2.75, 3.05) is 13.7 Å². The summed E-state index contributed by atoms with van der Waals surface area (Å²) in [5.74, 6) is -1.54. The van der Waals surface area contributed by atoms with E-state index in [1.54, 1.807) is 20.8 Å². The number of fused-ring (bicyclic) bond motifs is 1. The first-order valence-electron chi connectivity index (χ1n) is 6.28. The van der Waals surface area contributed by atoms with Crippen LogP contribution in [0.1, 0.15) is 20.8 Å². The van der Waals surface area contributed by atoms with Gasteiger partial charge >= 0.3 is 5.97 Å². The van der Waals surface area contributed by atoms with Gasteiger partial charge in [0.05, 0.1) is 6.61 Å². The molecule has 2 saturated heterocycles. The molecule has 19 heavy (non-hydrogen) atoms. The Balaban J connectivity index is 2.11. The topological polar surface area (TPSA) is 83.5 Å². The van der Waals surface area contributed by atoms with E-state index in [9.17, 15) is 9.90 Å². The maximum atomic E-state index is 11.6. The van der Waals surface area contributed by atoms with Crippen LogP contribution in [0.3, 0.4) is 0 Å². The normalized spacial score (nSPS) is 37.9. The molecule has 5 atom stereocenters. The summed E-state index contributed by atoms with van der Waals surface area (Å²) in [4.78, 5) is 11.6. The first kappa shape index (κ1) is 14.7. The molecule has 1 N–H and O–H groups in total. The van der Waals surface area contributed by atoms with E-state index < -0.39 is 42.5 Å². The first-order valence-corrected chi connectivity index (χ1v) is 6.28. The SMILES string of the molecule is CCOC(=O)[C@H](O)[C@H]1O[C@@H](OC)[C@@H]2OC(C)(C)O[C@@H]21. The summed E-state index contributed by atoms with van der Waals surface area (Å²) in [6.07, 6.45) is -4.02. The minimum Gasteiger partial charge on any atom is -0.464 e. The lowest BCUT2D eigenvalue weighted by Gasteiger charge is -2.25. The molecule has 0 aromatic carbocycles. The number of aliphatic hydroxyl groups is 1. The van der Waals surface area contributed by atoms with E-state index in [1.165, 1.54) is 7.11 Å². The fraction of sp³-hybridized carbons (Fsp3) is 0.917. The standard InChI is InChI=1S/C12H20O7/c1-5-16-10(14)6(13)7-8-9(11(15-4)17-7)19-12(2,3)18-8/h6-9,11,13H,5H2,1-4H3/t6-,7-,8-,9-,11-/m1/s1. The van der Waals surface area contributed by atoms with Gasteiger partial charge in [-0.05, 0) is 20.8 Å². The zero-order chi connectivity index (χ0) is 14.2. The van der Waals surface area contributed by atoms with E-state index in [4.69, 9.17) is 23.7 Å². The smallest absolute Gasteiger partial charge is 0.337 e. The Hall–Kier alpha value is -0.730.